The van der Waals surface area contributed by atoms with E-state index in [2.05, 4.69) is 0 Å². The fraction of sp³-hybridized carbons (Fsp3) is 1.00. The van der Waals surface area contributed by atoms with Crippen molar-refractivity contribution in [3.63, 3.8) is 0 Å². The van der Waals surface area contributed by atoms with Gasteiger partial charge in [-0.25, -0.2) is 0 Å². The zero-order chi connectivity index (χ0) is 6.08. The third-order valence-electron chi connectivity index (χ3n) is 0.316. The molecule has 0 amide bonds. The third kappa shape index (κ3) is 2.69. The van der Waals surface area contributed by atoms with Crippen molar-refractivity contribution < 1.29 is 19.0 Å². The Morgan fingerprint density at radius 3 is 1.86 bits per heavy atom. The zero-order valence-corrected chi connectivity index (χ0v) is 4.44. The summed E-state index contributed by atoms with van der Waals surface area (Å²) < 4.78 is 19.0. The summed E-state index contributed by atoms with van der Waals surface area (Å²) in [4.78, 5) is 0. The van der Waals surface area contributed by atoms with E-state index in [4.69, 9.17) is 10.2 Å². The van der Waals surface area contributed by atoms with Crippen LogP contribution in [0.1, 0.15) is 6.92 Å². The predicted octanol–water partition coefficient (Wildman–Crippen LogP) is -1.48. The quantitative estimate of drug-likeness (QED) is 0.331. The van der Waals surface area contributed by atoms with Crippen molar-refractivity contribution in [2.24, 2.45) is 0 Å². The van der Waals surface area contributed by atoms with Gasteiger partial charge in [-0.3, -0.25) is 4.21 Å². The molecule has 0 rings (SSSR count). The average molecular weight is 125 g/mol. The first-order valence-corrected chi connectivity index (χ1v) is 2.56. The van der Waals surface area contributed by atoms with Crippen molar-refractivity contribution in [3.05, 3.63) is 0 Å². The van der Waals surface area contributed by atoms with Crippen LogP contribution in [0.2, 0.25) is 0 Å². The van der Waals surface area contributed by atoms with E-state index in [1.165, 1.54) is 0 Å². The second-order valence-electron chi connectivity index (χ2n) is 1.17. The maximum Gasteiger partial charge on any atom is 0.226 e. The molecule has 0 aliphatic heterocycles. The molecule has 0 aromatic carbocycles. The fourth-order valence-electron chi connectivity index (χ4n) is 0. The summed E-state index contributed by atoms with van der Waals surface area (Å²) in [5.74, 6) is 0. The smallest absolute Gasteiger partial charge is 0.226 e. The van der Waals surface area contributed by atoms with Gasteiger partial charge in [0, 0.05) is 18.0 Å². The van der Waals surface area contributed by atoms with Gasteiger partial charge in [-0.05, 0) is 0 Å². The standard InChI is InChI=1S/C2H6O4S/c1-2(3,4)7(5)6/h3-4H,1H3,(H,5,6)/p-1. The normalized spacial score (nSPS) is 16.6. The molecule has 0 fully saturated rings. The van der Waals surface area contributed by atoms with Crippen LogP contribution in [-0.4, -0.2) is 24.1 Å². The van der Waals surface area contributed by atoms with Crippen molar-refractivity contribution in [1.29, 1.82) is 0 Å². The van der Waals surface area contributed by atoms with Gasteiger partial charge in [0.05, 0.1) is 0 Å². The molecule has 0 radical (unpaired) electrons. The maximum atomic E-state index is 9.52. The third-order valence-corrected chi connectivity index (χ3v) is 0.947. The number of rotatable bonds is 1. The van der Waals surface area contributed by atoms with Crippen LogP contribution in [-0.2, 0) is 11.1 Å². The fourth-order valence-corrected chi connectivity index (χ4v) is 0. The van der Waals surface area contributed by atoms with Crippen LogP contribution in [0.3, 0.4) is 0 Å². The van der Waals surface area contributed by atoms with Crippen molar-refractivity contribution in [1.82, 2.24) is 0 Å². The number of aliphatic hydroxyl groups is 2. The van der Waals surface area contributed by atoms with Crippen LogP contribution in [0.4, 0.5) is 0 Å². The second kappa shape index (κ2) is 1.87. The van der Waals surface area contributed by atoms with Gasteiger partial charge in [-0.1, -0.05) is 0 Å². The van der Waals surface area contributed by atoms with Gasteiger partial charge in [0.1, 0.15) is 0 Å². The maximum absolute atomic E-state index is 9.52. The molecule has 0 bridgehead atoms. The van der Waals surface area contributed by atoms with E-state index < -0.39 is 16.2 Å². The molecule has 7 heavy (non-hydrogen) atoms. The molecule has 0 spiro atoms. The molecular formula is C2H5O4S-. The lowest BCUT2D eigenvalue weighted by Crippen LogP contribution is -2.28. The van der Waals surface area contributed by atoms with E-state index in [0.717, 1.165) is 6.92 Å². The van der Waals surface area contributed by atoms with Gasteiger partial charge in [0.2, 0.25) is 5.12 Å². The van der Waals surface area contributed by atoms with E-state index in [-0.39, 0.29) is 0 Å². The first-order valence-electron chi connectivity index (χ1n) is 1.48. The Kier molecular flexibility index (Phi) is 1.88. The summed E-state index contributed by atoms with van der Waals surface area (Å²) in [6.07, 6.45) is 0. The molecule has 1 atom stereocenters. The molecule has 0 aromatic rings. The van der Waals surface area contributed by atoms with Gasteiger partial charge < -0.3 is 14.8 Å². The highest BCUT2D eigenvalue weighted by atomic mass is 32.2. The van der Waals surface area contributed by atoms with E-state index in [1.807, 2.05) is 0 Å². The zero-order valence-electron chi connectivity index (χ0n) is 3.62. The van der Waals surface area contributed by atoms with Crippen molar-refractivity contribution in [2.75, 3.05) is 0 Å². The molecule has 0 aliphatic rings. The summed E-state index contributed by atoms with van der Waals surface area (Å²) in [6, 6.07) is 0. The molecule has 0 saturated heterocycles. The highest BCUT2D eigenvalue weighted by molar-refractivity contribution is 7.80. The van der Waals surface area contributed by atoms with Gasteiger partial charge in [-0.2, -0.15) is 0 Å². The lowest BCUT2D eigenvalue weighted by atomic mass is 10.8. The first-order chi connectivity index (χ1) is 2.94. The lowest BCUT2D eigenvalue weighted by molar-refractivity contribution is -0.0694. The van der Waals surface area contributed by atoms with Crippen LogP contribution in [0, 0.1) is 0 Å². The van der Waals surface area contributed by atoms with Crippen molar-refractivity contribution in [3.8, 4) is 0 Å². The predicted molar refractivity (Wildman–Crippen MR) is 21.8 cm³/mol. The summed E-state index contributed by atoms with van der Waals surface area (Å²) in [5, 5.41) is 13.5. The molecule has 4 nitrogen and oxygen atoms in total. The molecule has 0 aromatic heterocycles. The van der Waals surface area contributed by atoms with E-state index in [1.54, 1.807) is 0 Å². The molecule has 0 aliphatic carbocycles. The molecule has 2 N–H and O–H groups in total. The van der Waals surface area contributed by atoms with Crippen LogP contribution in [0.5, 0.6) is 0 Å². The van der Waals surface area contributed by atoms with Crippen LogP contribution in [0.15, 0.2) is 0 Å². The van der Waals surface area contributed by atoms with Crippen LogP contribution in [0.25, 0.3) is 0 Å². The Morgan fingerprint density at radius 2 is 1.86 bits per heavy atom. The minimum Gasteiger partial charge on any atom is -0.768 e. The SMILES string of the molecule is CC(O)(O)S(=O)[O-]. The Balaban J connectivity index is 3.79. The van der Waals surface area contributed by atoms with Gasteiger partial charge in [0.25, 0.3) is 0 Å². The van der Waals surface area contributed by atoms with Gasteiger partial charge in [-0.15, -0.1) is 0 Å². The molecule has 5 heteroatoms. The van der Waals surface area contributed by atoms with Gasteiger partial charge in [0.15, 0.2) is 0 Å². The number of hydrogen-bond donors (Lipinski definition) is 2. The largest absolute Gasteiger partial charge is 0.768 e. The summed E-state index contributed by atoms with van der Waals surface area (Å²) in [5.41, 5.74) is 0. The van der Waals surface area contributed by atoms with Crippen LogP contribution < -0.4 is 0 Å². The average Bonchev–Trinajstić information content (AvgIpc) is 1.31. The van der Waals surface area contributed by atoms with E-state index in [9.17, 15) is 8.76 Å². The summed E-state index contributed by atoms with van der Waals surface area (Å²) in [6.45, 7) is 0.760. The number of hydrogen-bond acceptors (Lipinski definition) is 4. The summed E-state index contributed by atoms with van der Waals surface area (Å²) in [7, 11) is 0. The second-order valence-corrected chi connectivity index (χ2v) is 2.41. The monoisotopic (exact) mass is 125 g/mol. The molecule has 0 heterocycles. The topological polar surface area (TPSA) is 80.6 Å². The minimum atomic E-state index is -2.82. The van der Waals surface area contributed by atoms with E-state index in [0.29, 0.717) is 0 Å². The van der Waals surface area contributed by atoms with Gasteiger partial charge >= 0.3 is 0 Å². The first kappa shape index (κ1) is 7.03. The van der Waals surface area contributed by atoms with Crippen molar-refractivity contribution in [2.45, 2.75) is 12.0 Å². The molecule has 0 saturated carbocycles. The molecule has 44 valence electrons. The Labute approximate surface area is 43.1 Å². The van der Waals surface area contributed by atoms with Crippen molar-refractivity contribution >= 4 is 11.1 Å². The highest BCUT2D eigenvalue weighted by Gasteiger charge is 2.14. The Morgan fingerprint density at radius 1 is 1.71 bits per heavy atom. The highest BCUT2D eigenvalue weighted by Crippen LogP contribution is 1.98. The Bertz CT molecular complexity index is 82.2. The minimum absolute atomic E-state index is 0.760. The van der Waals surface area contributed by atoms with Crippen LogP contribution >= 0.6 is 0 Å². The summed E-state index contributed by atoms with van der Waals surface area (Å²) >= 11 is -2.82. The molecular weight excluding hydrogens is 120 g/mol. The molecule has 1 unspecified atom stereocenters. The lowest BCUT2D eigenvalue weighted by Gasteiger charge is -2.17. The Hall–Kier alpha value is 0.0300. The van der Waals surface area contributed by atoms with E-state index >= 15 is 0 Å².